The maximum absolute atomic E-state index is 10.7. The van der Waals surface area contributed by atoms with Gasteiger partial charge in [-0.1, -0.05) is 25.5 Å². The zero-order valence-corrected chi connectivity index (χ0v) is 6.88. The lowest BCUT2D eigenvalue weighted by Gasteiger charge is -2.28. The van der Waals surface area contributed by atoms with Gasteiger partial charge in [0.25, 0.3) is 0 Å². The molecule has 62 valence electrons. The van der Waals surface area contributed by atoms with Gasteiger partial charge in [0.15, 0.2) is 6.29 Å². The van der Waals surface area contributed by atoms with Gasteiger partial charge in [-0.2, -0.15) is 0 Å². The van der Waals surface area contributed by atoms with Gasteiger partial charge in [-0.3, -0.25) is 0 Å². The van der Waals surface area contributed by atoms with Crippen molar-refractivity contribution in [1.29, 1.82) is 0 Å². The molecule has 0 radical (unpaired) electrons. The average molecular weight is 154 g/mol. The largest absolute Gasteiger partial charge is 0.363 e. The number of hydrogen-bond acceptors (Lipinski definition) is 2. The fourth-order valence-corrected chi connectivity index (χ4v) is 1.36. The average Bonchev–Trinajstić information content (AvgIpc) is 2.07. The lowest BCUT2D eigenvalue weighted by Crippen LogP contribution is -2.35. The summed E-state index contributed by atoms with van der Waals surface area (Å²) in [4.78, 5) is 10.7. The SMILES string of the molecule is CCCC1(C=O)CC=CCO1. The Balaban J connectivity index is 2.59. The summed E-state index contributed by atoms with van der Waals surface area (Å²) in [5.41, 5.74) is -0.497. The molecule has 0 bridgehead atoms. The zero-order valence-electron chi connectivity index (χ0n) is 6.88. The molecule has 1 heterocycles. The van der Waals surface area contributed by atoms with Crippen LogP contribution in [0.1, 0.15) is 26.2 Å². The van der Waals surface area contributed by atoms with Gasteiger partial charge in [-0.25, -0.2) is 0 Å². The molecule has 1 aliphatic rings. The lowest BCUT2D eigenvalue weighted by atomic mass is 9.94. The standard InChI is InChI=1S/C9H14O2/c1-2-5-9(8-10)6-3-4-7-11-9/h3-4,8H,2,5-7H2,1H3. The summed E-state index contributed by atoms with van der Waals surface area (Å²) in [7, 11) is 0. The van der Waals surface area contributed by atoms with Crippen LogP contribution in [-0.4, -0.2) is 18.5 Å². The van der Waals surface area contributed by atoms with E-state index in [0.717, 1.165) is 25.5 Å². The third kappa shape index (κ3) is 1.90. The second kappa shape index (κ2) is 3.67. The molecule has 0 aromatic rings. The van der Waals surface area contributed by atoms with Crippen molar-refractivity contribution in [2.45, 2.75) is 31.8 Å². The van der Waals surface area contributed by atoms with Crippen LogP contribution in [0.25, 0.3) is 0 Å². The molecule has 0 fully saturated rings. The van der Waals surface area contributed by atoms with E-state index in [9.17, 15) is 4.79 Å². The Morgan fingerprint density at radius 2 is 2.45 bits per heavy atom. The van der Waals surface area contributed by atoms with Crippen LogP contribution in [0.15, 0.2) is 12.2 Å². The van der Waals surface area contributed by atoms with E-state index >= 15 is 0 Å². The molecule has 1 unspecified atom stereocenters. The van der Waals surface area contributed by atoms with E-state index in [1.807, 2.05) is 12.2 Å². The van der Waals surface area contributed by atoms with E-state index in [2.05, 4.69) is 6.92 Å². The Bertz CT molecular complexity index is 163. The number of carbonyl (C=O) groups excluding carboxylic acids is 1. The molecule has 1 rings (SSSR count). The van der Waals surface area contributed by atoms with Crippen LogP contribution in [-0.2, 0) is 9.53 Å². The normalized spacial score (nSPS) is 30.3. The highest BCUT2D eigenvalue weighted by Crippen LogP contribution is 2.23. The molecular formula is C9H14O2. The molecule has 11 heavy (non-hydrogen) atoms. The van der Waals surface area contributed by atoms with Crippen LogP contribution in [0, 0.1) is 0 Å². The molecule has 0 aromatic heterocycles. The molecule has 0 aromatic carbocycles. The van der Waals surface area contributed by atoms with E-state index < -0.39 is 5.60 Å². The summed E-state index contributed by atoms with van der Waals surface area (Å²) in [5.74, 6) is 0. The van der Waals surface area contributed by atoms with Gasteiger partial charge in [0.05, 0.1) is 6.61 Å². The molecule has 1 aliphatic heterocycles. The van der Waals surface area contributed by atoms with Crippen molar-refractivity contribution in [3.63, 3.8) is 0 Å². The highest BCUT2D eigenvalue weighted by Gasteiger charge is 2.29. The molecule has 1 atom stereocenters. The Labute approximate surface area is 67.2 Å². The van der Waals surface area contributed by atoms with E-state index in [-0.39, 0.29) is 0 Å². The minimum atomic E-state index is -0.497. The highest BCUT2D eigenvalue weighted by atomic mass is 16.5. The van der Waals surface area contributed by atoms with Crippen LogP contribution in [0.5, 0.6) is 0 Å². The van der Waals surface area contributed by atoms with Gasteiger partial charge >= 0.3 is 0 Å². The van der Waals surface area contributed by atoms with Crippen molar-refractivity contribution in [1.82, 2.24) is 0 Å². The maximum atomic E-state index is 10.7. The Morgan fingerprint density at radius 1 is 1.64 bits per heavy atom. The van der Waals surface area contributed by atoms with Crippen molar-refractivity contribution >= 4 is 6.29 Å². The summed E-state index contributed by atoms with van der Waals surface area (Å²) in [6.07, 6.45) is 7.49. The summed E-state index contributed by atoms with van der Waals surface area (Å²) in [6.45, 7) is 2.64. The van der Waals surface area contributed by atoms with Gasteiger partial charge in [-0.15, -0.1) is 0 Å². The monoisotopic (exact) mass is 154 g/mol. The van der Waals surface area contributed by atoms with Gasteiger partial charge in [0.1, 0.15) is 5.60 Å². The van der Waals surface area contributed by atoms with Crippen molar-refractivity contribution in [3.8, 4) is 0 Å². The molecule has 0 spiro atoms. The number of ether oxygens (including phenoxy) is 1. The van der Waals surface area contributed by atoms with Gasteiger partial charge in [0.2, 0.25) is 0 Å². The van der Waals surface area contributed by atoms with E-state index in [0.29, 0.717) is 6.61 Å². The van der Waals surface area contributed by atoms with Gasteiger partial charge < -0.3 is 9.53 Å². The van der Waals surface area contributed by atoms with Crippen LogP contribution < -0.4 is 0 Å². The first-order valence-electron chi connectivity index (χ1n) is 4.08. The molecule has 2 nitrogen and oxygen atoms in total. The van der Waals surface area contributed by atoms with Crippen molar-refractivity contribution in [3.05, 3.63) is 12.2 Å². The molecule has 0 aliphatic carbocycles. The first-order chi connectivity index (χ1) is 5.33. The second-order valence-corrected chi connectivity index (χ2v) is 2.92. The van der Waals surface area contributed by atoms with Gasteiger partial charge in [-0.05, 0) is 6.42 Å². The molecular weight excluding hydrogens is 140 g/mol. The second-order valence-electron chi connectivity index (χ2n) is 2.92. The fraction of sp³-hybridized carbons (Fsp3) is 0.667. The molecule has 0 amide bonds. The predicted octanol–water partition coefficient (Wildman–Crippen LogP) is 1.70. The van der Waals surface area contributed by atoms with Gasteiger partial charge in [0, 0.05) is 6.42 Å². The first kappa shape index (κ1) is 8.47. The van der Waals surface area contributed by atoms with Crippen LogP contribution in [0.2, 0.25) is 0 Å². The Hall–Kier alpha value is -0.630. The van der Waals surface area contributed by atoms with E-state index in [1.165, 1.54) is 0 Å². The minimum Gasteiger partial charge on any atom is -0.363 e. The van der Waals surface area contributed by atoms with Crippen LogP contribution in [0.4, 0.5) is 0 Å². The highest BCUT2D eigenvalue weighted by molar-refractivity contribution is 5.63. The molecule has 0 N–H and O–H groups in total. The minimum absolute atomic E-state index is 0.497. The quantitative estimate of drug-likeness (QED) is 0.457. The lowest BCUT2D eigenvalue weighted by molar-refractivity contribution is -0.131. The smallest absolute Gasteiger partial charge is 0.152 e. The van der Waals surface area contributed by atoms with Crippen molar-refractivity contribution < 1.29 is 9.53 Å². The third-order valence-corrected chi connectivity index (χ3v) is 1.99. The number of hydrogen-bond donors (Lipinski definition) is 0. The molecule has 0 saturated heterocycles. The van der Waals surface area contributed by atoms with Crippen LogP contribution in [0.3, 0.4) is 0 Å². The summed E-state index contributed by atoms with van der Waals surface area (Å²) >= 11 is 0. The number of aldehydes is 1. The number of rotatable bonds is 3. The topological polar surface area (TPSA) is 26.3 Å². The van der Waals surface area contributed by atoms with Crippen molar-refractivity contribution in [2.24, 2.45) is 0 Å². The van der Waals surface area contributed by atoms with E-state index in [1.54, 1.807) is 0 Å². The summed E-state index contributed by atoms with van der Waals surface area (Å²) < 4.78 is 5.40. The van der Waals surface area contributed by atoms with Crippen LogP contribution >= 0.6 is 0 Å². The zero-order chi connectivity index (χ0) is 8.16. The molecule has 0 saturated carbocycles. The van der Waals surface area contributed by atoms with E-state index in [4.69, 9.17) is 4.74 Å². The summed E-state index contributed by atoms with van der Waals surface area (Å²) in [6, 6.07) is 0. The maximum Gasteiger partial charge on any atom is 0.152 e. The van der Waals surface area contributed by atoms with Crippen molar-refractivity contribution in [2.75, 3.05) is 6.61 Å². The Kier molecular flexibility index (Phi) is 2.83. The number of carbonyl (C=O) groups is 1. The third-order valence-electron chi connectivity index (χ3n) is 1.99. The predicted molar refractivity (Wildman–Crippen MR) is 43.4 cm³/mol. The fourth-order valence-electron chi connectivity index (χ4n) is 1.36. The first-order valence-corrected chi connectivity index (χ1v) is 4.08. The Morgan fingerprint density at radius 3 is 2.91 bits per heavy atom. The molecule has 2 heteroatoms. The summed E-state index contributed by atoms with van der Waals surface area (Å²) in [5, 5.41) is 0.